The van der Waals surface area contributed by atoms with Gasteiger partial charge in [0.2, 0.25) is 11.8 Å². The second-order valence-corrected chi connectivity index (χ2v) is 10.5. The van der Waals surface area contributed by atoms with Crippen LogP contribution in [0.4, 0.5) is 0 Å². The second-order valence-electron chi connectivity index (χ2n) is 10.5. The van der Waals surface area contributed by atoms with Gasteiger partial charge in [-0.25, -0.2) is 9.59 Å². The molecule has 0 aliphatic heterocycles. The third-order valence-electron chi connectivity index (χ3n) is 7.19. The Morgan fingerprint density at radius 1 is 0.723 bits per heavy atom. The number of esters is 3. The molecular formula is C36H42N2O9. The summed E-state index contributed by atoms with van der Waals surface area (Å²) in [6.07, 6.45) is -1.12. The van der Waals surface area contributed by atoms with Crippen LogP contribution in [0.3, 0.4) is 0 Å². The number of ether oxygens (including phenoxy) is 4. The predicted molar refractivity (Wildman–Crippen MR) is 173 cm³/mol. The molecule has 0 spiro atoms. The van der Waals surface area contributed by atoms with Crippen molar-refractivity contribution in [2.24, 2.45) is 0 Å². The molecule has 11 heteroatoms. The zero-order valence-corrected chi connectivity index (χ0v) is 26.9. The second kappa shape index (κ2) is 19.4. The van der Waals surface area contributed by atoms with Crippen LogP contribution in [0.5, 0.6) is 5.75 Å². The van der Waals surface area contributed by atoms with E-state index >= 15 is 0 Å². The maximum Gasteiger partial charge on any atom is 0.359 e. The largest absolute Gasteiger partial charge is 0.469 e. The van der Waals surface area contributed by atoms with Crippen molar-refractivity contribution in [2.75, 3.05) is 26.9 Å². The smallest absolute Gasteiger partial charge is 0.359 e. The molecule has 1 atom stereocenters. The number of benzene rings is 3. The van der Waals surface area contributed by atoms with E-state index in [1.807, 2.05) is 36.4 Å². The van der Waals surface area contributed by atoms with E-state index in [2.05, 4.69) is 39.6 Å². The maximum atomic E-state index is 13.5. The highest BCUT2D eigenvalue weighted by molar-refractivity contribution is 5.98. The summed E-state index contributed by atoms with van der Waals surface area (Å²) in [6, 6.07) is 25.5. The van der Waals surface area contributed by atoms with Gasteiger partial charge in [-0.15, -0.1) is 0 Å². The Bertz CT molecular complexity index is 1390. The van der Waals surface area contributed by atoms with E-state index in [-0.39, 0.29) is 50.1 Å². The van der Waals surface area contributed by atoms with E-state index in [1.54, 1.807) is 38.1 Å². The molecular weight excluding hydrogens is 604 g/mol. The maximum absolute atomic E-state index is 13.5. The average Bonchev–Trinajstić information content (AvgIpc) is 3.09. The number of methoxy groups -OCH3 is 1. The van der Waals surface area contributed by atoms with Gasteiger partial charge in [-0.3, -0.25) is 14.4 Å². The highest BCUT2D eigenvalue weighted by Crippen LogP contribution is 2.27. The van der Waals surface area contributed by atoms with Gasteiger partial charge in [0.15, 0.2) is 0 Å². The van der Waals surface area contributed by atoms with Gasteiger partial charge in [0.1, 0.15) is 11.8 Å². The molecule has 0 bridgehead atoms. The number of amides is 2. The van der Waals surface area contributed by atoms with E-state index in [1.165, 1.54) is 7.11 Å². The highest BCUT2D eigenvalue weighted by Gasteiger charge is 2.32. The summed E-state index contributed by atoms with van der Waals surface area (Å²) in [4.78, 5) is 62.4. The number of rotatable bonds is 18. The van der Waals surface area contributed by atoms with Gasteiger partial charge >= 0.3 is 17.9 Å². The molecule has 0 unspecified atom stereocenters. The zero-order chi connectivity index (χ0) is 34.0. The van der Waals surface area contributed by atoms with Crippen molar-refractivity contribution in [3.8, 4) is 5.75 Å². The van der Waals surface area contributed by atoms with Crippen LogP contribution in [0.15, 0.2) is 84.9 Å². The van der Waals surface area contributed by atoms with Crippen LogP contribution in [0.1, 0.15) is 55.7 Å². The van der Waals surface area contributed by atoms with Crippen molar-refractivity contribution in [1.82, 2.24) is 10.6 Å². The first-order valence-electron chi connectivity index (χ1n) is 15.6. The van der Waals surface area contributed by atoms with Crippen LogP contribution in [-0.4, -0.2) is 68.7 Å². The van der Waals surface area contributed by atoms with E-state index in [0.717, 1.165) is 11.1 Å². The first-order valence-corrected chi connectivity index (χ1v) is 15.6. The van der Waals surface area contributed by atoms with Crippen molar-refractivity contribution in [1.29, 1.82) is 0 Å². The molecule has 250 valence electrons. The van der Waals surface area contributed by atoms with Crippen LogP contribution in [0.2, 0.25) is 0 Å². The SMILES string of the molecule is CCOC(=O)C(Oc1ccc(C[C@H](NC(=O)CCC(=O)OC)C(=O)NCCC(c2ccccc2)c2ccccc2)cc1)C(=O)OCC. The molecule has 3 rings (SSSR count). The van der Waals surface area contributed by atoms with Crippen molar-refractivity contribution in [3.05, 3.63) is 102 Å². The molecule has 0 aromatic heterocycles. The van der Waals surface area contributed by atoms with Gasteiger partial charge in [-0.05, 0) is 49.1 Å². The average molecular weight is 647 g/mol. The topological polar surface area (TPSA) is 146 Å². The molecule has 0 heterocycles. The lowest BCUT2D eigenvalue weighted by molar-refractivity contribution is -0.166. The van der Waals surface area contributed by atoms with Gasteiger partial charge < -0.3 is 29.6 Å². The van der Waals surface area contributed by atoms with Crippen LogP contribution in [-0.2, 0) is 44.6 Å². The molecule has 11 nitrogen and oxygen atoms in total. The summed E-state index contributed by atoms with van der Waals surface area (Å²) < 4.78 is 20.1. The minimum atomic E-state index is -1.59. The lowest BCUT2D eigenvalue weighted by Crippen LogP contribution is -2.48. The van der Waals surface area contributed by atoms with Gasteiger partial charge in [-0.1, -0.05) is 72.8 Å². The molecule has 47 heavy (non-hydrogen) atoms. The van der Waals surface area contributed by atoms with Crippen molar-refractivity contribution < 1.29 is 42.9 Å². The normalized spacial score (nSPS) is 11.3. The lowest BCUT2D eigenvalue weighted by atomic mass is 9.88. The fourth-order valence-corrected chi connectivity index (χ4v) is 4.86. The summed E-state index contributed by atoms with van der Waals surface area (Å²) in [5.41, 5.74) is 2.91. The van der Waals surface area contributed by atoms with Crippen molar-refractivity contribution >= 4 is 29.7 Å². The molecule has 0 saturated carbocycles. The first-order chi connectivity index (χ1) is 22.7. The summed E-state index contributed by atoms with van der Waals surface area (Å²) >= 11 is 0. The molecule has 3 aromatic rings. The van der Waals surface area contributed by atoms with Gasteiger partial charge in [0, 0.05) is 25.3 Å². The quantitative estimate of drug-likeness (QED) is 0.119. The zero-order valence-electron chi connectivity index (χ0n) is 26.9. The summed E-state index contributed by atoms with van der Waals surface area (Å²) in [5.74, 6) is -2.89. The van der Waals surface area contributed by atoms with E-state index in [0.29, 0.717) is 18.5 Å². The fourth-order valence-electron chi connectivity index (χ4n) is 4.86. The monoisotopic (exact) mass is 646 g/mol. The third kappa shape index (κ3) is 11.9. The summed E-state index contributed by atoms with van der Waals surface area (Å²) in [6.45, 7) is 3.69. The van der Waals surface area contributed by atoms with E-state index < -0.39 is 36.0 Å². The Kier molecular flexibility index (Phi) is 14.9. The minimum Gasteiger partial charge on any atom is -0.469 e. The summed E-state index contributed by atoms with van der Waals surface area (Å²) in [5, 5.41) is 5.71. The molecule has 0 radical (unpaired) electrons. The van der Waals surface area contributed by atoms with Crippen molar-refractivity contribution in [3.63, 3.8) is 0 Å². The Balaban J connectivity index is 1.72. The number of hydrogen-bond acceptors (Lipinski definition) is 9. The highest BCUT2D eigenvalue weighted by atomic mass is 16.6. The molecule has 0 aliphatic carbocycles. The van der Waals surface area contributed by atoms with Crippen LogP contribution in [0.25, 0.3) is 0 Å². The fraction of sp³-hybridized carbons (Fsp3) is 0.361. The number of hydrogen-bond donors (Lipinski definition) is 2. The molecule has 0 fully saturated rings. The first kappa shape index (κ1) is 36.3. The van der Waals surface area contributed by atoms with Crippen LogP contribution < -0.4 is 15.4 Å². The predicted octanol–water partition coefficient (Wildman–Crippen LogP) is 3.88. The van der Waals surface area contributed by atoms with E-state index in [4.69, 9.17) is 14.2 Å². The Morgan fingerprint density at radius 3 is 1.79 bits per heavy atom. The van der Waals surface area contributed by atoms with Gasteiger partial charge in [-0.2, -0.15) is 0 Å². The van der Waals surface area contributed by atoms with Crippen molar-refractivity contribution in [2.45, 2.75) is 57.6 Å². The minimum absolute atomic E-state index is 0.0476. The molecule has 2 amide bonds. The lowest BCUT2D eigenvalue weighted by Gasteiger charge is -2.21. The standard InChI is InChI=1S/C36H42N2O9/c1-4-45-35(42)33(36(43)46-5-2)47-28-18-16-25(17-19-28)24-30(38-31(39)20-21-32(40)44-3)34(41)37-23-22-29(26-12-8-6-9-13-26)27-14-10-7-11-15-27/h6-19,29-30,33H,4-5,20-24H2,1-3H3,(H,37,41)(H,38,39)/t30-/m0/s1. The number of carbonyl (C=O) groups excluding carboxylic acids is 5. The Hall–Kier alpha value is -5.19. The molecule has 2 N–H and O–H groups in total. The van der Waals surface area contributed by atoms with E-state index in [9.17, 15) is 24.0 Å². The molecule has 3 aromatic carbocycles. The summed E-state index contributed by atoms with van der Waals surface area (Å²) in [7, 11) is 1.24. The number of nitrogens with one attached hydrogen (secondary N) is 2. The van der Waals surface area contributed by atoms with Crippen LogP contribution >= 0.6 is 0 Å². The molecule has 0 aliphatic rings. The Morgan fingerprint density at radius 2 is 1.28 bits per heavy atom. The van der Waals surface area contributed by atoms with Gasteiger partial charge in [0.05, 0.1) is 26.7 Å². The Labute approximate surface area is 274 Å². The van der Waals surface area contributed by atoms with Gasteiger partial charge in [0.25, 0.3) is 6.10 Å². The third-order valence-corrected chi connectivity index (χ3v) is 7.19. The number of carbonyl (C=O) groups is 5. The van der Waals surface area contributed by atoms with Crippen LogP contribution in [0, 0.1) is 0 Å². The molecule has 0 saturated heterocycles.